The lowest BCUT2D eigenvalue weighted by Gasteiger charge is -2.06. The number of nitrogens with one attached hydrogen (secondary N) is 1. The van der Waals surface area contributed by atoms with Gasteiger partial charge in [-0.05, 0) is 36.1 Å². The van der Waals surface area contributed by atoms with Crippen molar-refractivity contribution < 1.29 is 0 Å². The second-order valence-electron chi connectivity index (χ2n) is 4.72. The maximum absolute atomic E-state index is 5.77. The van der Waals surface area contributed by atoms with Gasteiger partial charge in [-0.25, -0.2) is 0 Å². The molecule has 0 aliphatic heterocycles. The summed E-state index contributed by atoms with van der Waals surface area (Å²) in [6.07, 6.45) is 2.31. The van der Waals surface area contributed by atoms with Gasteiger partial charge in [0.25, 0.3) is 0 Å². The summed E-state index contributed by atoms with van der Waals surface area (Å²) in [7, 11) is 0. The van der Waals surface area contributed by atoms with Gasteiger partial charge in [-0.2, -0.15) is 0 Å². The van der Waals surface area contributed by atoms with Crippen LogP contribution in [-0.4, -0.2) is 6.54 Å². The third kappa shape index (κ3) is 5.06. The third-order valence-electron chi connectivity index (χ3n) is 3.17. The number of hydrogen-bond acceptors (Lipinski definition) is 1. The van der Waals surface area contributed by atoms with E-state index in [1.807, 2.05) is 0 Å². The van der Waals surface area contributed by atoms with Crippen LogP contribution in [0.1, 0.15) is 23.1 Å². The number of halogens is 1. The first kappa shape index (κ1) is 14.1. The van der Waals surface area contributed by atoms with Crippen molar-refractivity contribution >= 4 is 11.6 Å². The highest BCUT2D eigenvalue weighted by atomic mass is 35.5. The minimum Gasteiger partial charge on any atom is -0.313 e. The zero-order valence-corrected chi connectivity index (χ0v) is 11.9. The summed E-state index contributed by atoms with van der Waals surface area (Å²) in [6, 6.07) is 19.1. The standard InChI is InChI=1S/C17H20ClN/c18-13-16-8-10-17(11-9-16)14-19-12-4-7-15-5-2-1-3-6-15/h1-3,5-6,8-11,19H,4,7,12-14H2. The molecule has 2 aromatic carbocycles. The number of aryl methyl sites for hydroxylation is 1. The quantitative estimate of drug-likeness (QED) is 0.590. The number of hydrogen-bond donors (Lipinski definition) is 1. The molecule has 100 valence electrons. The molecule has 0 aliphatic carbocycles. The molecular weight excluding hydrogens is 254 g/mol. The molecule has 1 N–H and O–H groups in total. The fourth-order valence-electron chi connectivity index (χ4n) is 2.04. The van der Waals surface area contributed by atoms with Gasteiger partial charge in [0.15, 0.2) is 0 Å². The van der Waals surface area contributed by atoms with E-state index in [1.54, 1.807) is 0 Å². The summed E-state index contributed by atoms with van der Waals surface area (Å²) >= 11 is 5.77. The lowest BCUT2D eigenvalue weighted by atomic mass is 10.1. The molecule has 0 radical (unpaired) electrons. The Morgan fingerprint density at radius 2 is 1.47 bits per heavy atom. The summed E-state index contributed by atoms with van der Waals surface area (Å²) in [5, 5.41) is 3.48. The second kappa shape index (κ2) is 7.98. The zero-order chi connectivity index (χ0) is 13.3. The van der Waals surface area contributed by atoms with E-state index in [0.29, 0.717) is 5.88 Å². The molecule has 0 spiro atoms. The smallest absolute Gasteiger partial charge is 0.0474 e. The fourth-order valence-corrected chi connectivity index (χ4v) is 2.22. The van der Waals surface area contributed by atoms with Gasteiger partial charge in [0.2, 0.25) is 0 Å². The molecule has 0 aromatic heterocycles. The zero-order valence-electron chi connectivity index (χ0n) is 11.1. The van der Waals surface area contributed by atoms with Gasteiger partial charge in [0.1, 0.15) is 0 Å². The van der Waals surface area contributed by atoms with Crippen LogP contribution in [0.4, 0.5) is 0 Å². The predicted octanol–water partition coefficient (Wildman–Crippen LogP) is 4.15. The van der Waals surface area contributed by atoms with E-state index in [2.05, 4.69) is 59.9 Å². The van der Waals surface area contributed by atoms with E-state index in [1.165, 1.54) is 23.1 Å². The van der Waals surface area contributed by atoms with Crippen LogP contribution in [0, 0.1) is 0 Å². The van der Waals surface area contributed by atoms with E-state index in [0.717, 1.165) is 19.5 Å². The molecule has 19 heavy (non-hydrogen) atoms. The first-order valence-electron chi connectivity index (χ1n) is 6.77. The first-order chi connectivity index (χ1) is 9.38. The summed E-state index contributed by atoms with van der Waals surface area (Å²) in [4.78, 5) is 0. The van der Waals surface area contributed by atoms with Gasteiger partial charge in [0, 0.05) is 12.4 Å². The van der Waals surface area contributed by atoms with Gasteiger partial charge in [-0.1, -0.05) is 54.6 Å². The Labute approximate surface area is 120 Å². The first-order valence-corrected chi connectivity index (χ1v) is 7.30. The Morgan fingerprint density at radius 1 is 0.789 bits per heavy atom. The molecule has 0 fully saturated rings. The Morgan fingerprint density at radius 3 is 2.16 bits per heavy atom. The Kier molecular flexibility index (Phi) is 5.93. The third-order valence-corrected chi connectivity index (χ3v) is 3.48. The van der Waals surface area contributed by atoms with Crippen LogP contribution in [0.5, 0.6) is 0 Å². The topological polar surface area (TPSA) is 12.0 Å². The van der Waals surface area contributed by atoms with Crippen LogP contribution in [0.15, 0.2) is 54.6 Å². The summed E-state index contributed by atoms with van der Waals surface area (Å²) in [5.74, 6) is 0.588. The number of alkyl halides is 1. The largest absolute Gasteiger partial charge is 0.313 e. The van der Waals surface area contributed by atoms with Crippen molar-refractivity contribution in [3.05, 3.63) is 71.3 Å². The molecule has 2 heteroatoms. The van der Waals surface area contributed by atoms with E-state index in [9.17, 15) is 0 Å². The molecule has 1 nitrogen and oxygen atoms in total. The molecule has 0 bridgehead atoms. The average molecular weight is 274 g/mol. The predicted molar refractivity (Wildman–Crippen MR) is 82.5 cm³/mol. The van der Waals surface area contributed by atoms with Gasteiger partial charge in [0.05, 0.1) is 0 Å². The molecule has 0 aliphatic rings. The normalized spacial score (nSPS) is 10.6. The fraction of sp³-hybridized carbons (Fsp3) is 0.294. The number of rotatable bonds is 7. The summed E-state index contributed by atoms with van der Waals surface area (Å²) < 4.78 is 0. The minimum atomic E-state index is 0.588. The molecule has 2 aromatic rings. The van der Waals surface area contributed by atoms with Gasteiger partial charge in [-0.3, -0.25) is 0 Å². The maximum atomic E-state index is 5.77. The maximum Gasteiger partial charge on any atom is 0.0474 e. The van der Waals surface area contributed by atoms with Crippen molar-refractivity contribution in [1.82, 2.24) is 5.32 Å². The Bertz CT molecular complexity index is 464. The van der Waals surface area contributed by atoms with Crippen molar-refractivity contribution in [1.29, 1.82) is 0 Å². The van der Waals surface area contributed by atoms with Crippen molar-refractivity contribution in [2.45, 2.75) is 25.3 Å². The van der Waals surface area contributed by atoms with Crippen LogP contribution in [0.2, 0.25) is 0 Å². The SMILES string of the molecule is ClCc1ccc(CNCCCc2ccccc2)cc1. The minimum absolute atomic E-state index is 0.588. The summed E-state index contributed by atoms with van der Waals surface area (Å²) in [5.41, 5.74) is 3.90. The highest BCUT2D eigenvalue weighted by molar-refractivity contribution is 6.17. The summed E-state index contributed by atoms with van der Waals surface area (Å²) in [6.45, 7) is 1.98. The molecule has 0 amide bonds. The highest BCUT2D eigenvalue weighted by Crippen LogP contribution is 2.07. The van der Waals surface area contributed by atoms with Crippen molar-refractivity contribution in [2.75, 3.05) is 6.54 Å². The molecule has 0 unspecified atom stereocenters. The Hall–Kier alpha value is -1.31. The highest BCUT2D eigenvalue weighted by Gasteiger charge is 1.95. The van der Waals surface area contributed by atoms with Crippen molar-refractivity contribution in [3.8, 4) is 0 Å². The van der Waals surface area contributed by atoms with E-state index < -0.39 is 0 Å². The lowest BCUT2D eigenvalue weighted by molar-refractivity contribution is 0.649. The van der Waals surface area contributed by atoms with Gasteiger partial charge < -0.3 is 5.32 Å². The van der Waals surface area contributed by atoms with Crippen LogP contribution in [-0.2, 0) is 18.8 Å². The molecule has 2 rings (SSSR count). The van der Waals surface area contributed by atoms with Crippen LogP contribution in [0.3, 0.4) is 0 Å². The molecule has 0 heterocycles. The van der Waals surface area contributed by atoms with Gasteiger partial charge >= 0.3 is 0 Å². The van der Waals surface area contributed by atoms with Gasteiger partial charge in [-0.15, -0.1) is 11.6 Å². The monoisotopic (exact) mass is 273 g/mol. The van der Waals surface area contributed by atoms with E-state index >= 15 is 0 Å². The second-order valence-corrected chi connectivity index (χ2v) is 4.98. The Balaban J connectivity index is 1.63. The molecular formula is C17H20ClN. The lowest BCUT2D eigenvalue weighted by Crippen LogP contribution is -2.15. The average Bonchev–Trinajstić information content (AvgIpc) is 2.49. The van der Waals surface area contributed by atoms with Crippen molar-refractivity contribution in [2.24, 2.45) is 0 Å². The van der Waals surface area contributed by atoms with E-state index in [-0.39, 0.29) is 0 Å². The molecule has 0 atom stereocenters. The molecule has 0 saturated heterocycles. The molecule has 0 saturated carbocycles. The van der Waals surface area contributed by atoms with Crippen LogP contribution < -0.4 is 5.32 Å². The van der Waals surface area contributed by atoms with Crippen LogP contribution in [0.25, 0.3) is 0 Å². The van der Waals surface area contributed by atoms with E-state index in [4.69, 9.17) is 11.6 Å². The van der Waals surface area contributed by atoms with Crippen molar-refractivity contribution in [3.63, 3.8) is 0 Å². The number of benzene rings is 2. The van der Waals surface area contributed by atoms with Crippen LogP contribution >= 0.6 is 11.6 Å².